The molecule has 0 fully saturated rings. The number of aromatic nitrogens is 1. The van der Waals surface area contributed by atoms with E-state index in [0.29, 0.717) is 0 Å². The van der Waals surface area contributed by atoms with Crippen LogP contribution in [-0.4, -0.2) is 4.57 Å². The molecule has 234 valence electrons. The summed E-state index contributed by atoms with van der Waals surface area (Å²) in [5.41, 5.74) is 14.5. The number of hydrogen-bond acceptors (Lipinski definition) is 2. The first-order chi connectivity index (χ1) is 24.1. The fraction of sp³-hybridized carbons (Fsp3) is 0.0435. The van der Waals surface area contributed by atoms with Gasteiger partial charge in [0.1, 0.15) is 0 Å². The monoisotopic (exact) mass is 646 g/mol. The van der Waals surface area contributed by atoms with Crippen LogP contribution in [0.25, 0.3) is 59.1 Å². The van der Waals surface area contributed by atoms with E-state index in [2.05, 4.69) is 193 Å². The number of hydrogen-bond donors (Lipinski definition) is 0. The van der Waals surface area contributed by atoms with E-state index < -0.39 is 0 Å². The molecule has 0 radical (unpaired) electrons. The molecular weight excluding hydrogens is 613 g/mol. The summed E-state index contributed by atoms with van der Waals surface area (Å²) >= 11 is 1.88. The third-order valence-corrected chi connectivity index (χ3v) is 10.9. The van der Waals surface area contributed by atoms with Crippen molar-refractivity contribution >= 4 is 59.6 Å². The van der Waals surface area contributed by atoms with Gasteiger partial charge in [0, 0.05) is 32.5 Å². The Balaban J connectivity index is 1.08. The van der Waals surface area contributed by atoms with Crippen molar-refractivity contribution < 1.29 is 0 Å². The average molecular weight is 647 g/mol. The van der Waals surface area contributed by atoms with Crippen molar-refractivity contribution in [1.82, 2.24) is 4.57 Å². The minimum absolute atomic E-state index is 1.13. The molecule has 0 saturated carbocycles. The summed E-state index contributed by atoms with van der Waals surface area (Å²) in [6.07, 6.45) is 0. The highest BCUT2D eigenvalue weighted by atomic mass is 32.1. The maximum Gasteiger partial charge on any atom is 0.0727 e. The second-order valence-electron chi connectivity index (χ2n) is 12.7. The topological polar surface area (TPSA) is 8.17 Å². The van der Waals surface area contributed by atoms with Crippen LogP contribution in [0.3, 0.4) is 0 Å². The van der Waals surface area contributed by atoms with Crippen LogP contribution in [0.15, 0.2) is 170 Å². The number of para-hydroxylation sites is 2. The fourth-order valence-electron chi connectivity index (χ4n) is 7.29. The van der Waals surface area contributed by atoms with Crippen molar-refractivity contribution in [2.24, 2.45) is 0 Å². The molecule has 0 bridgehead atoms. The first kappa shape index (κ1) is 29.3. The number of rotatable bonds is 6. The second kappa shape index (κ2) is 12.0. The lowest BCUT2D eigenvalue weighted by Crippen LogP contribution is -2.12. The minimum Gasteiger partial charge on any atom is -0.310 e. The highest BCUT2D eigenvalue weighted by molar-refractivity contribution is 7.26. The van der Waals surface area contributed by atoms with Crippen molar-refractivity contribution in [2.45, 2.75) is 13.8 Å². The quantitative estimate of drug-likeness (QED) is 0.174. The third-order valence-electron chi connectivity index (χ3n) is 9.66. The van der Waals surface area contributed by atoms with Crippen LogP contribution < -0.4 is 4.90 Å². The molecule has 2 nitrogen and oxygen atoms in total. The van der Waals surface area contributed by atoms with Gasteiger partial charge in [0.2, 0.25) is 0 Å². The summed E-state index contributed by atoms with van der Waals surface area (Å²) < 4.78 is 5.10. The molecule has 0 atom stereocenters. The molecular formula is C46H34N2S. The van der Waals surface area contributed by atoms with E-state index in [1.54, 1.807) is 0 Å². The van der Waals surface area contributed by atoms with Gasteiger partial charge in [-0.3, -0.25) is 0 Å². The Bertz CT molecular complexity index is 2570. The molecule has 9 aromatic rings. The summed E-state index contributed by atoms with van der Waals surface area (Å²) in [6.45, 7) is 4.40. The van der Waals surface area contributed by atoms with Crippen LogP contribution in [0.5, 0.6) is 0 Å². The Kier molecular flexibility index (Phi) is 7.14. The molecule has 0 spiro atoms. The van der Waals surface area contributed by atoms with Crippen LogP contribution in [0.1, 0.15) is 11.1 Å². The summed E-state index contributed by atoms with van der Waals surface area (Å²) in [5.74, 6) is 0. The molecule has 49 heavy (non-hydrogen) atoms. The van der Waals surface area contributed by atoms with E-state index in [1.807, 2.05) is 11.3 Å². The van der Waals surface area contributed by atoms with Gasteiger partial charge in [-0.05, 0) is 95.8 Å². The largest absolute Gasteiger partial charge is 0.310 e. The summed E-state index contributed by atoms with van der Waals surface area (Å²) in [5, 5.41) is 2.61. The zero-order valence-corrected chi connectivity index (χ0v) is 28.3. The average Bonchev–Trinajstić information content (AvgIpc) is 3.69. The van der Waals surface area contributed by atoms with Gasteiger partial charge in [0.05, 0.1) is 21.4 Å². The van der Waals surface area contributed by atoms with Crippen molar-refractivity contribution in [1.29, 1.82) is 0 Å². The predicted molar refractivity (Wildman–Crippen MR) is 211 cm³/mol. The van der Waals surface area contributed by atoms with E-state index in [1.165, 1.54) is 76.0 Å². The lowest BCUT2D eigenvalue weighted by molar-refractivity contribution is 1.19. The van der Waals surface area contributed by atoms with E-state index in [0.717, 1.165) is 11.4 Å². The fourth-order valence-corrected chi connectivity index (χ4v) is 8.51. The number of thiophene rings is 1. The van der Waals surface area contributed by atoms with Gasteiger partial charge < -0.3 is 9.47 Å². The molecule has 3 heteroatoms. The lowest BCUT2D eigenvalue weighted by atomic mass is 10.0. The van der Waals surface area contributed by atoms with Crippen LogP contribution in [0.2, 0.25) is 0 Å². The van der Waals surface area contributed by atoms with Crippen molar-refractivity contribution in [2.75, 3.05) is 4.90 Å². The first-order valence-electron chi connectivity index (χ1n) is 16.8. The number of aryl methyl sites for hydroxylation is 2. The van der Waals surface area contributed by atoms with Gasteiger partial charge in [-0.1, -0.05) is 121 Å². The summed E-state index contributed by atoms with van der Waals surface area (Å²) in [7, 11) is 0. The molecule has 0 aliphatic heterocycles. The Labute approximate surface area is 290 Å². The highest BCUT2D eigenvalue weighted by Gasteiger charge is 2.19. The smallest absolute Gasteiger partial charge is 0.0727 e. The predicted octanol–water partition coefficient (Wildman–Crippen LogP) is 13.4. The van der Waals surface area contributed by atoms with Crippen molar-refractivity contribution in [3.8, 4) is 27.9 Å². The van der Waals surface area contributed by atoms with Gasteiger partial charge >= 0.3 is 0 Å². The molecule has 2 aromatic heterocycles. The van der Waals surface area contributed by atoms with E-state index >= 15 is 0 Å². The Hall–Kier alpha value is -5.90. The number of anilines is 3. The molecule has 9 rings (SSSR count). The normalized spacial score (nSPS) is 11.5. The van der Waals surface area contributed by atoms with E-state index in [-0.39, 0.29) is 0 Å². The number of nitrogens with zero attached hydrogens (tertiary/aromatic N) is 2. The van der Waals surface area contributed by atoms with Crippen LogP contribution >= 0.6 is 11.3 Å². The van der Waals surface area contributed by atoms with Crippen molar-refractivity contribution in [3.63, 3.8) is 0 Å². The lowest BCUT2D eigenvalue weighted by Gasteiger charge is -2.29. The van der Waals surface area contributed by atoms with Crippen molar-refractivity contribution in [3.05, 3.63) is 181 Å². The Morgan fingerprint density at radius 2 is 0.959 bits per heavy atom. The molecule has 0 saturated heterocycles. The van der Waals surface area contributed by atoms with Gasteiger partial charge in [0.25, 0.3) is 0 Å². The molecule has 0 unspecified atom stereocenters. The van der Waals surface area contributed by atoms with Crippen LogP contribution in [0.4, 0.5) is 17.1 Å². The summed E-state index contributed by atoms with van der Waals surface area (Å²) in [4.78, 5) is 2.39. The van der Waals surface area contributed by atoms with Crippen LogP contribution in [-0.2, 0) is 0 Å². The minimum atomic E-state index is 1.13. The maximum absolute atomic E-state index is 2.43. The molecule has 0 aliphatic carbocycles. The maximum atomic E-state index is 2.43. The molecule has 7 aromatic carbocycles. The van der Waals surface area contributed by atoms with Gasteiger partial charge in [0.15, 0.2) is 0 Å². The van der Waals surface area contributed by atoms with Gasteiger partial charge in [-0.2, -0.15) is 0 Å². The van der Waals surface area contributed by atoms with Crippen LogP contribution in [0, 0.1) is 13.8 Å². The molecule has 0 amide bonds. The molecule has 2 heterocycles. The molecule has 0 N–H and O–H groups in total. The standard InChI is InChI=1S/C46H34N2S/c1-31-11-10-12-32(2)44(31)47(37-25-19-34(20-26-37)33-13-4-3-5-14-33)38-27-21-35(22-28-38)36-23-29-39(30-24-36)48-42-17-8-6-15-40(42)46-45(48)41-16-7-9-18-43(41)49-46/h3-30H,1-2H3. The molecule has 0 aliphatic rings. The third kappa shape index (κ3) is 5.02. The Morgan fingerprint density at radius 3 is 1.59 bits per heavy atom. The zero-order valence-electron chi connectivity index (χ0n) is 27.5. The van der Waals surface area contributed by atoms with E-state index in [4.69, 9.17) is 0 Å². The second-order valence-corrected chi connectivity index (χ2v) is 13.8. The number of benzene rings is 7. The van der Waals surface area contributed by atoms with Gasteiger partial charge in [-0.25, -0.2) is 0 Å². The van der Waals surface area contributed by atoms with Gasteiger partial charge in [-0.15, -0.1) is 11.3 Å². The highest BCUT2D eigenvalue weighted by Crippen LogP contribution is 2.43. The number of fused-ring (bicyclic) bond motifs is 5. The SMILES string of the molecule is Cc1cccc(C)c1N(c1ccc(-c2ccccc2)cc1)c1ccc(-c2ccc(-n3c4ccccc4c4sc5ccccc5c43)cc2)cc1. The first-order valence-corrected chi connectivity index (χ1v) is 17.6. The zero-order chi connectivity index (χ0) is 32.9. The summed E-state index contributed by atoms with van der Waals surface area (Å²) in [6, 6.07) is 61.6. The Morgan fingerprint density at radius 1 is 0.449 bits per heavy atom. The van der Waals surface area contributed by atoms with E-state index in [9.17, 15) is 0 Å².